The normalized spacial score (nSPS) is 17.9. The molecule has 2 heteroatoms. The van der Waals surface area contributed by atoms with Gasteiger partial charge in [-0.05, 0) is 43.9 Å². The zero-order valence-electron chi connectivity index (χ0n) is 8.62. The minimum Gasteiger partial charge on any atom is -0.494 e. The van der Waals surface area contributed by atoms with Gasteiger partial charge in [0, 0.05) is 5.54 Å². The monoisotopic (exact) mass is 191 g/mol. The van der Waals surface area contributed by atoms with Gasteiger partial charge in [0.15, 0.2) is 0 Å². The van der Waals surface area contributed by atoms with Crippen molar-refractivity contribution in [3.8, 4) is 5.75 Å². The van der Waals surface area contributed by atoms with Gasteiger partial charge < -0.3 is 10.5 Å². The van der Waals surface area contributed by atoms with E-state index in [0.717, 1.165) is 18.8 Å². The van der Waals surface area contributed by atoms with E-state index in [9.17, 15) is 0 Å². The molecule has 2 N–H and O–H groups in total. The molecule has 0 saturated heterocycles. The van der Waals surface area contributed by atoms with Gasteiger partial charge in [-0.3, -0.25) is 0 Å². The number of nitrogens with two attached hydrogens (primary N) is 1. The largest absolute Gasteiger partial charge is 0.494 e. The molecular formula is C12H17NO. The maximum Gasteiger partial charge on any atom is 0.119 e. The fourth-order valence-electron chi connectivity index (χ4n) is 1.61. The third-order valence-corrected chi connectivity index (χ3v) is 2.68. The summed E-state index contributed by atoms with van der Waals surface area (Å²) in [5.41, 5.74) is 7.46. The number of rotatable bonds is 4. The maximum atomic E-state index is 6.04. The molecule has 14 heavy (non-hydrogen) atoms. The lowest BCUT2D eigenvalue weighted by Crippen LogP contribution is -2.24. The van der Waals surface area contributed by atoms with Crippen molar-refractivity contribution in [1.82, 2.24) is 0 Å². The molecule has 0 heterocycles. The minimum atomic E-state index is 0.104. The highest BCUT2D eigenvalue weighted by atomic mass is 16.5. The highest BCUT2D eigenvalue weighted by Gasteiger charge is 2.37. The summed E-state index contributed by atoms with van der Waals surface area (Å²) in [6.45, 7) is 2.72. The summed E-state index contributed by atoms with van der Waals surface area (Å²) in [6.07, 6.45) is 3.33. The second kappa shape index (κ2) is 3.62. The van der Waals surface area contributed by atoms with Crippen LogP contribution >= 0.6 is 0 Å². The fourth-order valence-corrected chi connectivity index (χ4v) is 1.61. The van der Waals surface area contributed by atoms with Gasteiger partial charge in [0.2, 0.25) is 0 Å². The van der Waals surface area contributed by atoms with Crippen LogP contribution in [0.4, 0.5) is 0 Å². The Balaban J connectivity index is 1.99. The Morgan fingerprint density at radius 3 is 2.43 bits per heavy atom. The Kier molecular flexibility index (Phi) is 2.46. The van der Waals surface area contributed by atoms with Crippen LogP contribution in [0, 0.1) is 0 Å². The van der Waals surface area contributed by atoms with E-state index < -0.39 is 0 Å². The highest BCUT2D eigenvalue weighted by molar-refractivity contribution is 5.29. The Morgan fingerprint density at radius 1 is 1.29 bits per heavy atom. The van der Waals surface area contributed by atoms with Crippen molar-refractivity contribution in [3.63, 3.8) is 0 Å². The summed E-state index contributed by atoms with van der Waals surface area (Å²) < 4.78 is 5.38. The summed E-state index contributed by atoms with van der Waals surface area (Å²) in [5.74, 6) is 0.943. The van der Waals surface area contributed by atoms with Crippen LogP contribution in [0.15, 0.2) is 24.3 Å². The molecule has 1 aromatic carbocycles. The van der Waals surface area contributed by atoms with E-state index in [2.05, 4.69) is 12.1 Å². The molecule has 0 spiro atoms. The third kappa shape index (κ3) is 2.26. The SMILES string of the molecule is CCOc1ccc(CC2(N)CC2)cc1. The summed E-state index contributed by atoms with van der Waals surface area (Å²) in [6, 6.07) is 8.25. The smallest absolute Gasteiger partial charge is 0.119 e. The van der Waals surface area contributed by atoms with E-state index in [1.54, 1.807) is 0 Å². The fraction of sp³-hybridized carbons (Fsp3) is 0.500. The van der Waals surface area contributed by atoms with E-state index in [-0.39, 0.29) is 5.54 Å². The van der Waals surface area contributed by atoms with Crippen LogP contribution in [-0.4, -0.2) is 12.1 Å². The third-order valence-electron chi connectivity index (χ3n) is 2.68. The Morgan fingerprint density at radius 2 is 1.93 bits per heavy atom. The van der Waals surface area contributed by atoms with Crippen molar-refractivity contribution < 1.29 is 4.74 Å². The van der Waals surface area contributed by atoms with E-state index in [1.807, 2.05) is 19.1 Å². The van der Waals surface area contributed by atoms with Gasteiger partial charge in [0.1, 0.15) is 5.75 Å². The van der Waals surface area contributed by atoms with Gasteiger partial charge in [-0.25, -0.2) is 0 Å². The summed E-state index contributed by atoms with van der Waals surface area (Å²) in [7, 11) is 0. The van der Waals surface area contributed by atoms with Gasteiger partial charge in [-0.15, -0.1) is 0 Å². The second-order valence-corrected chi connectivity index (χ2v) is 4.12. The number of hydrogen-bond donors (Lipinski definition) is 1. The first kappa shape index (κ1) is 9.53. The van der Waals surface area contributed by atoms with Crippen LogP contribution < -0.4 is 10.5 Å². The molecular weight excluding hydrogens is 174 g/mol. The molecule has 1 aliphatic rings. The van der Waals surface area contributed by atoms with Crippen molar-refractivity contribution in [1.29, 1.82) is 0 Å². The van der Waals surface area contributed by atoms with Crippen LogP contribution in [0.25, 0.3) is 0 Å². The van der Waals surface area contributed by atoms with Crippen LogP contribution in [0.2, 0.25) is 0 Å². The molecule has 1 aliphatic carbocycles. The van der Waals surface area contributed by atoms with Crippen LogP contribution in [0.3, 0.4) is 0 Å². The zero-order chi connectivity index (χ0) is 10.0. The van der Waals surface area contributed by atoms with E-state index >= 15 is 0 Å². The number of benzene rings is 1. The van der Waals surface area contributed by atoms with Gasteiger partial charge in [-0.2, -0.15) is 0 Å². The van der Waals surface area contributed by atoms with Gasteiger partial charge in [0.05, 0.1) is 6.61 Å². The maximum absolute atomic E-state index is 6.04. The van der Waals surface area contributed by atoms with Crippen molar-refractivity contribution in [2.75, 3.05) is 6.61 Å². The lowest BCUT2D eigenvalue weighted by atomic mass is 10.1. The average molecular weight is 191 g/mol. The molecule has 1 fully saturated rings. The van der Waals surface area contributed by atoms with Gasteiger partial charge >= 0.3 is 0 Å². The molecule has 76 valence electrons. The Hall–Kier alpha value is -1.02. The van der Waals surface area contributed by atoms with E-state index in [4.69, 9.17) is 10.5 Å². The highest BCUT2D eigenvalue weighted by Crippen LogP contribution is 2.35. The molecule has 1 saturated carbocycles. The van der Waals surface area contributed by atoms with Crippen molar-refractivity contribution >= 4 is 0 Å². The summed E-state index contributed by atoms with van der Waals surface area (Å²) >= 11 is 0. The quantitative estimate of drug-likeness (QED) is 0.791. The molecule has 0 radical (unpaired) electrons. The van der Waals surface area contributed by atoms with Gasteiger partial charge in [0.25, 0.3) is 0 Å². The molecule has 2 nitrogen and oxygen atoms in total. The standard InChI is InChI=1S/C12H17NO/c1-2-14-11-5-3-10(4-6-11)9-12(13)7-8-12/h3-6H,2,7-9,13H2,1H3. The van der Waals surface area contributed by atoms with E-state index in [1.165, 1.54) is 18.4 Å². The minimum absolute atomic E-state index is 0.104. The predicted octanol–water partition coefficient (Wildman–Crippen LogP) is 2.12. The molecule has 2 rings (SSSR count). The average Bonchev–Trinajstić information content (AvgIpc) is 2.88. The first-order chi connectivity index (χ1) is 6.72. The van der Waals surface area contributed by atoms with Crippen molar-refractivity contribution in [3.05, 3.63) is 29.8 Å². The van der Waals surface area contributed by atoms with E-state index in [0.29, 0.717) is 0 Å². The molecule has 0 amide bonds. The molecule has 1 aromatic rings. The molecule has 0 aromatic heterocycles. The molecule has 0 unspecified atom stereocenters. The first-order valence-electron chi connectivity index (χ1n) is 5.22. The topological polar surface area (TPSA) is 35.2 Å². The second-order valence-electron chi connectivity index (χ2n) is 4.12. The lowest BCUT2D eigenvalue weighted by Gasteiger charge is -2.09. The predicted molar refractivity (Wildman–Crippen MR) is 57.5 cm³/mol. The number of hydrogen-bond acceptors (Lipinski definition) is 2. The molecule has 0 atom stereocenters. The van der Waals surface area contributed by atoms with Crippen LogP contribution in [0.5, 0.6) is 5.75 Å². The van der Waals surface area contributed by atoms with Crippen molar-refractivity contribution in [2.24, 2.45) is 5.73 Å². The van der Waals surface area contributed by atoms with Crippen molar-refractivity contribution in [2.45, 2.75) is 31.7 Å². The lowest BCUT2D eigenvalue weighted by molar-refractivity contribution is 0.340. The zero-order valence-corrected chi connectivity index (χ0v) is 8.62. The number of ether oxygens (including phenoxy) is 1. The summed E-state index contributed by atoms with van der Waals surface area (Å²) in [5, 5.41) is 0. The Labute approximate surface area is 85.1 Å². The molecule has 0 aliphatic heterocycles. The Bertz CT molecular complexity index is 301. The van der Waals surface area contributed by atoms with Crippen LogP contribution in [-0.2, 0) is 6.42 Å². The molecule has 0 bridgehead atoms. The summed E-state index contributed by atoms with van der Waals surface area (Å²) in [4.78, 5) is 0. The first-order valence-corrected chi connectivity index (χ1v) is 5.22. The van der Waals surface area contributed by atoms with Gasteiger partial charge in [-0.1, -0.05) is 12.1 Å². The van der Waals surface area contributed by atoms with Crippen LogP contribution in [0.1, 0.15) is 25.3 Å².